The first-order valence-corrected chi connectivity index (χ1v) is 10.0. The molecule has 0 radical (unpaired) electrons. The fourth-order valence-corrected chi connectivity index (χ4v) is 3.86. The predicted molar refractivity (Wildman–Crippen MR) is 115 cm³/mol. The summed E-state index contributed by atoms with van der Waals surface area (Å²) in [7, 11) is 0. The van der Waals surface area contributed by atoms with Gasteiger partial charge >= 0.3 is 0 Å². The van der Waals surface area contributed by atoms with Crippen molar-refractivity contribution in [1.82, 2.24) is 9.55 Å². The molecule has 6 heteroatoms. The molecule has 3 aromatic rings. The van der Waals surface area contributed by atoms with Crippen LogP contribution >= 0.6 is 23.8 Å². The second kappa shape index (κ2) is 7.79. The molecule has 4 rings (SSSR count). The number of anilines is 1. The van der Waals surface area contributed by atoms with Crippen LogP contribution in [0, 0.1) is 6.92 Å². The first-order valence-electron chi connectivity index (χ1n) is 9.23. The molecule has 0 atom stereocenters. The highest BCUT2D eigenvalue weighted by molar-refractivity contribution is 7.80. The number of para-hydroxylation sites is 1. The largest absolute Gasteiger partial charge is 0.331 e. The molecule has 0 spiro atoms. The molecule has 0 saturated carbocycles. The first-order chi connectivity index (χ1) is 13.1. The average molecular weight is 397 g/mol. The highest BCUT2D eigenvalue weighted by Crippen LogP contribution is 2.23. The van der Waals surface area contributed by atoms with E-state index in [2.05, 4.69) is 16.0 Å². The highest BCUT2D eigenvalue weighted by Gasteiger charge is 2.13. The fourth-order valence-electron chi connectivity index (χ4n) is 3.49. The lowest BCUT2D eigenvalue weighted by molar-refractivity contribution is 0.608. The molecule has 2 heterocycles. The molecule has 0 saturated heterocycles. The van der Waals surface area contributed by atoms with Gasteiger partial charge in [0.1, 0.15) is 11.3 Å². The number of hydrogen-bond acceptors (Lipinski definition) is 2. The monoisotopic (exact) mass is 396 g/mol. The smallest absolute Gasteiger partial charge is 0.199 e. The maximum Gasteiger partial charge on any atom is 0.199 e. The number of halogens is 1. The Hall–Kier alpha value is -2.24. The zero-order chi connectivity index (χ0) is 18.8. The lowest BCUT2D eigenvalue weighted by Gasteiger charge is -2.14. The van der Waals surface area contributed by atoms with E-state index in [0.29, 0.717) is 10.1 Å². The van der Waals surface area contributed by atoms with E-state index in [4.69, 9.17) is 33.8 Å². The highest BCUT2D eigenvalue weighted by atomic mass is 35.5. The number of thiocarbonyl (C=S) groups is 1. The molecule has 27 heavy (non-hydrogen) atoms. The molecular weight excluding hydrogens is 376 g/mol. The lowest BCUT2D eigenvalue weighted by atomic mass is 10.2. The Balaban J connectivity index is 1.83. The van der Waals surface area contributed by atoms with Crippen molar-refractivity contribution in [2.45, 2.75) is 39.2 Å². The molecule has 1 aliphatic rings. The van der Waals surface area contributed by atoms with E-state index in [0.717, 1.165) is 59.3 Å². The van der Waals surface area contributed by atoms with Gasteiger partial charge in [-0.1, -0.05) is 36.2 Å². The summed E-state index contributed by atoms with van der Waals surface area (Å²) in [5, 5.41) is 5.39. The Kier molecular flexibility index (Phi) is 5.23. The third kappa shape index (κ3) is 3.75. The fraction of sp³-hybridized carbons (Fsp3) is 0.286. The van der Waals surface area contributed by atoms with E-state index in [1.165, 1.54) is 6.42 Å². The van der Waals surface area contributed by atoms with E-state index < -0.39 is 0 Å². The average Bonchev–Trinajstić information content (AvgIpc) is 2.91. The number of nitrogens with one attached hydrogen (secondary N) is 1. The van der Waals surface area contributed by atoms with E-state index in [1.54, 1.807) is 0 Å². The number of benzene rings is 2. The SMILES string of the molecule is Cc1c(Cl)cccc1NC(=S)N=c1c2ccccc2nc2n1CCCCC2. The summed E-state index contributed by atoms with van der Waals surface area (Å²) in [4.78, 5) is 9.68. The number of aryl methyl sites for hydroxylation is 1. The number of rotatable bonds is 1. The van der Waals surface area contributed by atoms with Crippen LogP contribution in [0.25, 0.3) is 10.9 Å². The molecule has 138 valence electrons. The number of nitrogens with zero attached hydrogens (tertiary/aromatic N) is 3. The van der Waals surface area contributed by atoms with Gasteiger partial charge in [0.05, 0.1) is 5.52 Å². The first kappa shape index (κ1) is 18.1. The predicted octanol–water partition coefficient (Wildman–Crippen LogP) is 5.02. The van der Waals surface area contributed by atoms with Gasteiger partial charge in [-0.2, -0.15) is 0 Å². The van der Waals surface area contributed by atoms with E-state index in [9.17, 15) is 0 Å². The van der Waals surface area contributed by atoms with E-state index in [-0.39, 0.29) is 0 Å². The Morgan fingerprint density at radius 3 is 2.89 bits per heavy atom. The second-order valence-electron chi connectivity index (χ2n) is 6.79. The number of fused-ring (bicyclic) bond motifs is 2. The van der Waals surface area contributed by atoms with Crippen molar-refractivity contribution in [3.63, 3.8) is 0 Å². The van der Waals surface area contributed by atoms with Gasteiger partial charge in [-0.25, -0.2) is 9.98 Å². The topological polar surface area (TPSA) is 42.2 Å². The van der Waals surface area contributed by atoms with Crippen LogP contribution in [0.2, 0.25) is 5.02 Å². The molecule has 0 bridgehead atoms. The van der Waals surface area contributed by atoms with Crippen LogP contribution in [0.4, 0.5) is 5.69 Å². The third-order valence-electron chi connectivity index (χ3n) is 4.96. The van der Waals surface area contributed by atoms with Crippen molar-refractivity contribution in [2.75, 3.05) is 5.32 Å². The van der Waals surface area contributed by atoms with Gasteiger partial charge in [0, 0.05) is 29.1 Å². The molecule has 4 nitrogen and oxygen atoms in total. The van der Waals surface area contributed by atoms with Crippen LogP contribution in [-0.4, -0.2) is 14.7 Å². The Morgan fingerprint density at radius 1 is 1.15 bits per heavy atom. The quantitative estimate of drug-likeness (QED) is 0.587. The van der Waals surface area contributed by atoms with Gasteiger partial charge in [0.2, 0.25) is 0 Å². The van der Waals surface area contributed by atoms with Crippen molar-refractivity contribution in [1.29, 1.82) is 0 Å². The molecule has 0 aliphatic carbocycles. The summed E-state index contributed by atoms with van der Waals surface area (Å²) in [6.45, 7) is 2.89. The maximum absolute atomic E-state index is 6.22. The number of hydrogen-bond donors (Lipinski definition) is 1. The normalized spacial score (nSPS) is 14.7. The second-order valence-corrected chi connectivity index (χ2v) is 7.58. The molecule has 0 amide bonds. The minimum Gasteiger partial charge on any atom is -0.331 e. The molecule has 1 N–H and O–H groups in total. The minimum atomic E-state index is 0.427. The minimum absolute atomic E-state index is 0.427. The molecule has 1 aromatic heterocycles. The summed E-state index contributed by atoms with van der Waals surface area (Å²) >= 11 is 11.8. The van der Waals surface area contributed by atoms with E-state index >= 15 is 0 Å². The summed E-state index contributed by atoms with van der Waals surface area (Å²) in [6.07, 6.45) is 4.48. The van der Waals surface area contributed by atoms with Crippen molar-refractivity contribution in [3.05, 3.63) is 64.4 Å². The van der Waals surface area contributed by atoms with Crippen LogP contribution in [0.3, 0.4) is 0 Å². The van der Waals surface area contributed by atoms with Gasteiger partial charge in [-0.15, -0.1) is 0 Å². The lowest BCUT2D eigenvalue weighted by Crippen LogP contribution is -2.28. The standard InChI is InChI=1S/C21H21ClN4S/c1-14-16(22)9-7-11-17(14)24-21(27)25-20-15-8-4-5-10-18(15)23-19-12-3-2-6-13-26(19)20/h4-5,7-11H,2-3,6,12-13H2,1H3,(H,24,27). The maximum atomic E-state index is 6.22. The Bertz CT molecular complexity index is 1090. The Morgan fingerprint density at radius 2 is 2.00 bits per heavy atom. The molecule has 2 aromatic carbocycles. The summed E-state index contributed by atoms with van der Waals surface area (Å²) in [5.74, 6) is 1.09. The molecular formula is C21H21ClN4S. The summed E-state index contributed by atoms with van der Waals surface area (Å²) < 4.78 is 2.23. The van der Waals surface area contributed by atoms with Gasteiger partial charge in [0.15, 0.2) is 5.11 Å². The van der Waals surface area contributed by atoms with Crippen LogP contribution < -0.4 is 10.8 Å². The molecule has 0 fully saturated rings. The molecule has 1 aliphatic heterocycles. The van der Waals surface area contributed by atoms with E-state index in [1.807, 2.05) is 43.3 Å². The van der Waals surface area contributed by atoms with Crippen LogP contribution in [0.15, 0.2) is 47.5 Å². The zero-order valence-corrected chi connectivity index (χ0v) is 16.8. The van der Waals surface area contributed by atoms with Gasteiger partial charge in [-0.05, 0) is 61.8 Å². The molecule has 0 unspecified atom stereocenters. The van der Waals surface area contributed by atoms with Crippen molar-refractivity contribution < 1.29 is 0 Å². The zero-order valence-electron chi connectivity index (χ0n) is 15.2. The van der Waals surface area contributed by atoms with Crippen LogP contribution in [0.5, 0.6) is 0 Å². The summed E-state index contributed by atoms with van der Waals surface area (Å²) in [6, 6.07) is 13.9. The van der Waals surface area contributed by atoms with Crippen molar-refractivity contribution in [3.8, 4) is 0 Å². The van der Waals surface area contributed by atoms with Crippen molar-refractivity contribution >= 4 is 45.5 Å². The van der Waals surface area contributed by atoms with Crippen molar-refractivity contribution in [2.24, 2.45) is 4.99 Å². The van der Waals surface area contributed by atoms with Gasteiger partial charge in [-0.3, -0.25) is 0 Å². The third-order valence-corrected chi connectivity index (χ3v) is 5.56. The van der Waals surface area contributed by atoms with Gasteiger partial charge in [0.25, 0.3) is 0 Å². The van der Waals surface area contributed by atoms with Crippen LogP contribution in [0.1, 0.15) is 30.7 Å². The van der Waals surface area contributed by atoms with Gasteiger partial charge < -0.3 is 9.88 Å². The van der Waals surface area contributed by atoms with Crippen LogP contribution in [-0.2, 0) is 13.0 Å². The number of aromatic nitrogens is 2. The Labute approximate surface area is 168 Å². The summed E-state index contributed by atoms with van der Waals surface area (Å²) in [5.41, 5.74) is 3.69.